The Balaban J connectivity index is 2.16. The second-order valence-corrected chi connectivity index (χ2v) is 8.17. The van der Waals surface area contributed by atoms with E-state index in [-0.39, 0.29) is 0 Å². The van der Waals surface area contributed by atoms with Gasteiger partial charge in [0.15, 0.2) is 0 Å². The molecule has 1 fully saturated rings. The van der Waals surface area contributed by atoms with Crippen molar-refractivity contribution in [3.63, 3.8) is 0 Å². The van der Waals surface area contributed by atoms with Gasteiger partial charge in [0.05, 0.1) is 31.2 Å². The van der Waals surface area contributed by atoms with E-state index >= 15 is 0 Å². The molecule has 1 aromatic rings. The molecule has 5 nitrogen and oxygen atoms in total. The van der Waals surface area contributed by atoms with Crippen LogP contribution in [0.3, 0.4) is 0 Å². The number of quaternary nitrogens is 1. The highest BCUT2D eigenvalue weighted by Crippen LogP contribution is 2.29. The summed E-state index contributed by atoms with van der Waals surface area (Å²) in [5, 5.41) is 0. The van der Waals surface area contributed by atoms with E-state index < -0.39 is 10.0 Å². The summed E-state index contributed by atoms with van der Waals surface area (Å²) in [5.74, 6) is 0. The van der Waals surface area contributed by atoms with Gasteiger partial charge in [-0.15, -0.1) is 0 Å². The van der Waals surface area contributed by atoms with Crippen LogP contribution in [-0.4, -0.2) is 47.8 Å². The summed E-state index contributed by atoms with van der Waals surface area (Å²) in [6, 6.07) is 0. The van der Waals surface area contributed by atoms with E-state index in [9.17, 15) is 8.42 Å². The molecule has 0 amide bonds. The number of hydrogen-bond acceptors (Lipinski definition) is 3. The van der Waals surface area contributed by atoms with Crippen LogP contribution in [0.4, 0.5) is 0 Å². The molecular weight excluding hydrogens is 312 g/mol. The minimum atomic E-state index is -3.48. The van der Waals surface area contributed by atoms with Gasteiger partial charge in [-0.2, -0.15) is 0 Å². The van der Waals surface area contributed by atoms with Crippen LogP contribution < -0.4 is 9.62 Å². The van der Waals surface area contributed by atoms with Gasteiger partial charge in [0, 0.05) is 0 Å². The van der Waals surface area contributed by atoms with Gasteiger partial charge in [0.1, 0.15) is 13.1 Å². The number of rotatable bonds is 5. The predicted molar refractivity (Wildman–Crippen MR) is 91.7 cm³/mol. The second kappa shape index (κ2) is 7.30. The van der Waals surface area contributed by atoms with E-state index in [1.54, 1.807) is 0 Å². The summed E-state index contributed by atoms with van der Waals surface area (Å²) in [6.45, 7) is 14.5. The van der Waals surface area contributed by atoms with E-state index in [1.807, 2.05) is 27.7 Å². The van der Waals surface area contributed by atoms with Crippen LogP contribution in [0.5, 0.6) is 0 Å². The van der Waals surface area contributed by atoms with Gasteiger partial charge in [0.2, 0.25) is 10.0 Å². The van der Waals surface area contributed by atoms with Crippen LogP contribution in [-0.2, 0) is 14.8 Å². The summed E-state index contributed by atoms with van der Waals surface area (Å²) < 4.78 is 33.7. The lowest BCUT2D eigenvalue weighted by Crippen LogP contribution is -3.14. The average Bonchev–Trinajstić information content (AvgIpc) is 2.52. The molecule has 130 valence electrons. The van der Waals surface area contributed by atoms with Crippen LogP contribution in [0.25, 0.3) is 0 Å². The molecule has 0 atom stereocenters. The van der Waals surface area contributed by atoms with Crippen LogP contribution in [0.2, 0.25) is 0 Å². The second-order valence-electron chi connectivity index (χ2n) is 6.46. The third-order valence-corrected chi connectivity index (χ3v) is 6.90. The molecule has 0 radical (unpaired) electrons. The molecule has 1 aliphatic heterocycles. The zero-order valence-corrected chi connectivity index (χ0v) is 15.7. The molecule has 6 heteroatoms. The smallest absolute Gasteiger partial charge is 0.241 e. The molecule has 0 saturated carbocycles. The molecule has 1 aliphatic rings. The Bertz CT molecular complexity index is 649. The number of nitrogens with one attached hydrogen (secondary N) is 2. The summed E-state index contributed by atoms with van der Waals surface area (Å²) in [4.78, 5) is 1.85. The Morgan fingerprint density at radius 3 is 1.91 bits per heavy atom. The fraction of sp³-hybridized carbons (Fsp3) is 0.647. The maximum absolute atomic E-state index is 12.8. The predicted octanol–water partition coefficient (Wildman–Crippen LogP) is 0.422. The third-order valence-electron chi connectivity index (χ3n) is 5.17. The maximum atomic E-state index is 12.8. The Morgan fingerprint density at radius 2 is 1.39 bits per heavy atom. The van der Waals surface area contributed by atoms with Gasteiger partial charge in [-0.25, -0.2) is 13.1 Å². The molecular formula is C17H29N2O3S+. The van der Waals surface area contributed by atoms with Crippen LogP contribution >= 0.6 is 0 Å². The lowest BCUT2D eigenvalue weighted by Gasteiger charge is -2.24. The van der Waals surface area contributed by atoms with Crippen molar-refractivity contribution in [2.75, 3.05) is 39.4 Å². The molecule has 0 unspecified atom stereocenters. The van der Waals surface area contributed by atoms with Crippen LogP contribution in [0, 0.1) is 34.6 Å². The van der Waals surface area contributed by atoms with Crippen molar-refractivity contribution < 1.29 is 18.1 Å². The standard InChI is InChI=1S/C17H28N2O3S/c1-12-13(2)15(4)17(16(5)14(12)3)23(20,21)18-6-7-19-8-10-22-11-9-19/h18H,6-11H2,1-5H3/p+1. The monoisotopic (exact) mass is 341 g/mol. The summed E-state index contributed by atoms with van der Waals surface area (Å²) in [6.07, 6.45) is 0. The highest BCUT2D eigenvalue weighted by atomic mass is 32.2. The molecule has 0 aromatic heterocycles. The van der Waals surface area contributed by atoms with Gasteiger partial charge in [0.25, 0.3) is 0 Å². The summed E-state index contributed by atoms with van der Waals surface area (Å²) >= 11 is 0. The molecule has 0 bridgehead atoms. The Hall–Kier alpha value is -0.950. The summed E-state index contributed by atoms with van der Waals surface area (Å²) in [5.41, 5.74) is 5.02. The first kappa shape index (κ1) is 18.4. The molecule has 2 rings (SSSR count). The highest BCUT2D eigenvalue weighted by molar-refractivity contribution is 7.89. The van der Waals surface area contributed by atoms with Crippen LogP contribution in [0.15, 0.2) is 4.90 Å². The molecule has 0 aliphatic carbocycles. The van der Waals surface area contributed by atoms with Crippen molar-refractivity contribution in [3.05, 3.63) is 27.8 Å². The Labute approximate surface area is 140 Å². The van der Waals surface area contributed by atoms with Crippen molar-refractivity contribution in [2.24, 2.45) is 0 Å². The van der Waals surface area contributed by atoms with E-state index in [1.165, 1.54) is 10.5 Å². The van der Waals surface area contributed by atoms with Crippen molar-refractivity contribution >= 4 is 10.0 Å². The highest BCUT2D eigenvalue weighted by Gasteiger charge is 2.24. The fourth-order valence-corrected chi connectivity index (χ4v) is 4.84. The molecule has 1 aromatic carbocycles. The molecule has 2 N–H and O–H groups in total. The average molecular weight is 341 g/mol. The normalized spacial score (nSPS) is 16.7. The van der Waals surface area contributed by atoms with Gasteiger partial charge >= 0.3 is 0 Å². The first-order valence-corrected chi connectivity index (χ1v) is 9.72. The first-order chi connectivity index (χ1) is 10.8. The Kier molecular flexibility index (Phi) is 5.84. The number of benzene rings is 1. The molecule has 23 heavy (non-hydrogen) atoms. The number of ether oxygens (including phenoxy) is 1. The first-order valence-electron chi connectivity index (χ1n) is 8.23. The maximum Gasteiger partial charge on any atom is 0.241 e. The minimum Gasteiger partial charge on any atom is -0.370 e. The van der Waals surface area contributed by atoms with Crippen molar-refractivity contribution in [3.8, 4) is 0 Å². The van der Waals surface area contributed by atoms with E-state index in [4.69, 9.17) is 4.74 Å². The number of hydrogen-bond donors (Lipinski definition) is 2. The minimum absolute atomic E-state index is 0.454. The SMILES string of the molecule is Cc1c(C)c(C)c(S(=O)(=O)NCC[NH+]2CCOCC2)c(C)c1C. The number of sulfonamides is 1. The van der Waals surface area contributed by atoms with Gasteiger partial charge in [-0.3, -0.25) is 0 Å². The molecule has 1 heterocycles. The van der Waals surface area contributed by atoms with Crippen molar-refractivity contribution in [1.29, 1.82) is 0 Å². The third kappa shape index (κ3) is 3.94. The topological polar surface area (TPSA) is 59.8 Å². The Morgan fingerprint density at radius 1 is 0.913 bits per heavy atom. The zero-order valence-electron chi connectivity index (χ0n) is 14.9. The lowest BCUT2D eigenvalue weighted by atomic mass is 9.95. The van der Waals surface area contributed by atoms with Crippen molar-refractivity contribution in [2.45, 2.75) is 39.5 Å². The van der Waals surface area contributed by atoms with E-state index in [0.29, 0.717) is 11.4 Å². The van der Waals surface area contributed by atoms with Gasteiger partial charge in [-0.05, 0) is 62.4 Å². The quantitative estimate of drug-likeness (QED) is 0.816. The van der Waals surface area contributed by atoms with Gasteiger partial charge < -0.3 is 9.64 Å². The number of morpholine rings is 1. The molecule has 0 spiro atoms. The fourth-order valence-electron chi connectivity index (χ4n) is 3.21. The molecule has 1 saturated heterocycles. The van der Waals surface area contributed by atoms with Crippen LogP contribution in [0.1, 0.15) is 27.8 Å². The van der Waals surface area contributed by atoms with Gasteiger partial charge in [-0.1, -0.05) is 0 Å². The zero-order chi connectivity index (χ0) is 17.2. The largest absolute Gasteiger partial charge is 0.370 e. The van der Waals surface area contributed by atoms with Crippen molar-refractivity contribution in [1.82, 2.24) is 4.72 Å². The van der Waals surface area contributed by atoms with E-state index in [2.05, 4.69) is 11.6 Å². The lowest BCUT2D eigenvalue weighted by molar-refractivity contribution is -0.906. The van der Waals surface area contributed by atoms with E-state index in [0.717, 1.165) is 55.1 Å². The summed E-state index contributed by atoms with van der Waals surface area (Å²) in [7, 11) is -3.48.